The Hall–Kier alpha value is -0.860. The third-order valence-corrected chi connectivity index (χ3v) is 4.59. The van der Waals surface area contributed by atoms with Gasteiger partial charge in [-0.05, 0) is 41.3 Å². The van der Waals surface area contributed by atoms with E-state index in [0.717, 1.165) is 17.3 Å². The maximum atomic E-state index is 6.51. The van der Waals surface area contributed by atoms with Crippen LogP contribution in [0.3, 0.4) is 0 Å². The van der Waals surface area contributed by atoms with Crippen LogP contribution >= 0.6 is 15.9 Å². The Labute approximate surface area is 110 Å². The second-order valence-electron chi connectivity index (χ2n) is 5.04. The Kier molecular flexibility index (Phi) is 2.72. The molecule has 2 N–H and O–H groups in total. The average Bonchev–Trinajstić information content (AvgIpc) is 2.78. The molecule has 1 nitrogen and oxygen atoms in total. The van der Waals surface area contributed by atoms with Crippen LogP contribution in [0.5, 0.6) is 0 Å². The summed E-state index contributed by atoms with van der Waals surface area (Å²) < 4.78 is 1.15. The highest BCUT2D eigenvalue weighted by atomic mass is 79.9. The summed E-state index contributed by atoms with van der Waals surface area (Å²) in [4.78, 5) is 0. The molecule has 0 spiro atoms. The molecule has 0 aromatic heterocycles. The van der Waals surface area contributed by atoms with E-state index in [1.165, 1.54) is 29.2 Å². The fraction of sp³-hybridized carbons (Fsp3) is 0.333. The van der Waals surface area contributed by atoms with E-state index in [-0.39, 0.29) is 5.54 Å². The van der Waals surface area contributed by atoms with Crippen LogP contribution in [0, 0.1) is 0 Å². The molecule has 0 amide bonds. The molecular weight excluding hydrogens is 274 g/mol. The molecule has 0 saturated heterocycles. The number of halogens is 1. The predicted molar refractivity (Wildman–Crippen MR) is 76.0 cm³/mol. The van der Waals surface area contributed by atoms with Gasteiger partial charge in [-0.1, -0.05) is 53.0 Å². The van der Waals surface area contributed by atoms with E-state index in [0.29, 0.717) is 0 Å². The van der Waals surface area contributed by atoms with Crippen molar-refractivity contribution in [2.24, 2.45) is 5.73 Å². The number of hydrogen-bond acceptors (Lipinski definition) is 1. The van der Waals surface area contributed by atoms with Crippen molar-refractivity contribution >= 4 is 26.7 Å². The molecule has 17 heavy (non-hydrogen) atoms. The van der Waals surface area contributed by atoms with Gasteiger partial charge in [0.25, 0.3) is 0 Å². The van der Waals surface area contributed by atoms with E-state index in [9.17, 15) is 0 Å². The van der Waals surface area contributed by atoms with Gasteiger partial charge in [0.2, 0.25) is 0 Å². The second kappa shape index (κ2) is 4.11. The van der Waals surface area contributed by atoms with Crippen molar-refractivity contribution in [3.63, 3.8) is 0 Å². The van der Waals surface area contributed by atoms with Gasteiger partial charge in [0.1, 0.15) is 0 Å². The van der Waals surface area contributed by atoms with Gasteiger partial charge in [0, 0.05) is 10.0 Å². The molecule has 0 aliphatic heterocycles. The molecular formula is C15H16BrN. The maximum absolute atomic E-state index is 6.51. The quantitative estimate of drug-likeness (QED) is 0.831. The molecule has 0 bridgehead atoms. The second-order valence-corrected chi connectivity index (χ2v) is 5.89. The van der Waals surface area contributed by atoms with E-state index in [4.69, 9.17) is 5.73 Å². The van der Waals surface area contributed by atoms with Gasteiger partial charge in [-0.25, -0.2) is 0 Å². The van der Waals surface area contributed by atoms with Gasteiger partial charge in [-0.3, -0.25) is 0 Å². The predicted octanol–water partition coefficient (Wildman–Crippen LogP) is 4.33. The lowest BCUT2D eigenvalue weighted by atomic mass is 9.88. The number of benzene rings is 2. The van der Waals surface area contributed by atoms with E-state index < -0.39 is 0 Å². The Morgan fingerprint density at radius 3 is 2.59 bits per heavy atom. The molecule has 3 rings (SSSR count). The lowest BCUT2D eigenvalue weighted by Gasteiger charge is -2.24. The van der Waals surface area contributed by atoms with Crippen LogP contribution in [0.25, 0.3) is 10.8 Å². The zero-order valence-electron chi connectivity index (χ0n) is 9.75. The summed E-state index contributed by atoms with van der Waals surface area (Å²) >= 11 is 3.62. The van der Waals surface area contributed by atoms with Crippen molar-refractivity contribution in [1.82, 2.24) is 0 Å². The average molecular weight is 290 g/mol. The molecule has 0 unspecified atom stereocenters. The topological polar surface area (TPSA) is 26.0 Å². The van der Waals surface area contributed by atoms with E-state index >= 15 is 0 Å². The minimum Gasteiger partial charge on any atom is -0.321 e. The molecule has 2 aromatic rings. The van der Waals surface area contributed by atoms with Gasteiger partial charge in [-0.15, -0.1) is 0 Å². The summed E-state index contributed by atoms with van der Waals surface area (Å²) in [6, 6.07) is 12.9. The SMILES string of the molecule is NC1(c2ccc3cccc(Br)c3c2)CCCC1. The first-order valence-corrected chi connectivity index (χ1v) is 6.96. The van der Waals surface area contributed by atoms with Crippen LogP contribution in [-0.4, -0.2) is 0 Å². The molecule has 1 fully saturated rings. The number of fused-ring (bicyclic) bond motifs is 1. The van der Waals surface area contributed by atoms with E-state index in [1.54, 1.807) is 0 Å². The zero-order chi connectivity index (χ0) is 11.9. The maximum Gasteiger partial charge on any atom is 0.0409 e. The van der Waals surface area contributed by atoms with Crippen molar-refractivity contribution < 1.29 is 0 Å². The molecule has 2 heteroatoms. The van der Waals surface area contributed by atoms with Crippen molar-refractivity contribution in [2.75, 3.05) is 0 Å². The smallest absolute Gasteiger partial charge is 0.0409 e. The summed E-state index contributed by atoms with van der Waals surface area (Å²) in [5.74, 6) is 0. The van der Waals surface area contributed by atoms with E-state index in [2.05, 4.69) is 52.3 Å². The Morgan fingerprint density at radius 2 is 1.82 bits per heavy atom. The van der Waals surface area contributed by atoms with Crippen molar-refractivity contribution in [1.29, 1.82) is 0 Å². The third-order valence-electron chi connectivity index (χ3n) is 3.90. The summed E-state index contributed by atoms with van der Waals surface area (Å²) in [6.45, 7) is 0. The minimum absolute atomic E-state index is 0.0938. The monoisotopic (exact) mass is 289 g/mol. The molecule has 0 heterocycles. The highest BCUT2D eigenvalue weighted by molar-refractivity contribution is 9.10. The minimum atomic E-state index is -0.0938. The summed E-state index contributed by atoms with van der Waals surface area (Å²) in [6.07, 6.45) is 4.74. The molecule has 2 aromatic carbocycles. The largest absolute Gasteiger partial charge is 0.321 e. The van der Waals surface area contributed by atoms with Gasteiger partial charge >= 0.3 is 0 Å². The fourth-order valence-corrected chi connectivity index (χ4v) is 3.33. The van der Waals surface area contributed by atoms with Crippen molar-refractivity contribution in [3.05, 3.63) is 46.4 Å². The summed E-state index contributed by atoms with van der Waals surface area (Å²) in [7, 11) is 0. The van der Waals surface area contributed by atoms with E-state index in [1.807, 2.05) is 0 Å². The molecule has 88 valence electrons. The number of nitrogens with two attached hydrogens (primary N) is 1. The van der Waals surface area contributed by atoms with Crippen LogP contribution in [0.15, 0.2) is 40.9 Å². The Morgan fingerprint density at radius 1 is 1.06 bits per heavy atom. The standard InChI is InChI=1S/C15H16BrN/c16-14-5-3-4-11-6-7-12(10-13(11)14)15(17)8-1-2-9-15/h3-7,10H,1-2,8-9,17H2. The lowest BCUT2D eigenvalue weighted by Crippen LogP contribution is -2.32. The first kappa shape index (κ1) is 11.2. The molecule has 1 saturated carbocycles. The number of rotatable bonds is 1. The third kappa shape index (κ3) is 1.90. The van der Waals surface area contributed by atoms with Crippen LogP contribution < -0.4 is 5.73 Å². The molecule has 0 radical (unpaired) electrons. The van der Waals surface area contributed by atoms with Crippen LogP contribution in [-0.2, 0) is 5.54 Å². The highest BCUT2D eigenvalue weighted by Crippen LogP contribution is 2.38. The lowest BCUT2D eigenvalue weighted by molar-refractivity contribution is 0.462. The highest BCUT2D eigenvalue weighted by Gasteiger charge is 2.31. The molecule has 1 aliphatic rings. The Bertz CT molecular complexity index is 556. The van der Waals surface area contributed by atoms with Gasteiger partial charge in [-0.2, -0.15) is 0 Å². The van der Waals surface area contributed by atoms with Crippen LogP contribution in [0.1, 0.15) is 31.2 Å². The first-order chi connectivity index (χ1) is 8.19. The van der Waals surface area contributed by atoms with Gasteiger partial charge in [0.15, 0.2) is 0 Å². The van der Waals surface area contributed by atoms with Gasteiger partial charge in [0.05, 0.1) is 0 Å². The fourth-order valence-electron chi connectivity index (χ4n) is 2.84. The summed E-state index contributed by atoms with van der Waals surface area (Å²) in [5, 5.41) is 2.53. The van der Waals surface area contributed by atoms with Crippen LogP contribution in [0.4, 0.5) is 0 Å². The van der Waals surface area contributed by atoms with Crippen molar-refractivity contribution in [3.8, 4) is 0 Å². The van der Waals surface area contributed by atoms with Crippen molar-refractivity contribution in [2.45, 2.75) is 31.2 Å². The van der Waals surface area contributed by atoms with Crippen LogP contribution in [0.2, 0.25) is 0 Å². The number of hydrogen-bond donors (Lipinski definition) is 1. The normalized spacial score (nSPS) is 18.7. The Balaban J connectivity index is 2.16. The van der Waals surface area contributed by atoms with Gasteiger partial charge < -0.3 is 5.73 Å². The summed E-state index contributed by atoms with van der Waals surface area (Å²) in [5.41, 5.74) is 7.70. The molecule has 0 atom stereocenters. The molecule has 1 aliphatic carbocycles. The zero-order valence-corrected chi connectivity index (χ0v) is 11.3. The first-order valence-electron chi connectivity index (χ1n) is 6.17.